The van der Waals surface area contributed by atoms with Crippen LogP contribution in [0.4, 0.5) is 0 Å². The predicted molar refractivity (Wildman–Crippen MR) is 198 cm³/mol. The molecule has 0 spiro atoms. The summed E-state index contributed by atoms with van der Waals surface area (Å²) in [6.45, 7) is 20.8. The van der Waals surface area contributed by atoms with Crippen LogP contribution in [0, 0.1) is 45.3 Å². The molecule has 4 saturated carbocycles. The minimum Gasteiger partial charge on any atom is -0.462 e. The number of fused-ring (bicyclic) bond motifs is 5. The van der Waals surface area contributed by atoms with Crippen LogP contribution in [0.1, 0.15) is 191 Å². The summed E-state index contributed by atoms with van der Waals surface area (Å²) < 4.78 is 12.0. The van der Waals surface area contributed by atoms with Gasteiger partial charge in [0.2, 0.25) is 0 Å². The van der Waals surface area contributed by atoms with Crippen molar-refractivity contribution in [1.82, 2.24) is 0 Å². The summed E-state index contributed by atoms with van der Waals surface area (Å²) in [7, 11) is 1.77. The SMILES string of the molecule is CCCCCCCCCCCC(=O)O[C@H]1CC[C@]2(C)[C@H]3C[C@@H](O)[C@@H]4[C@@H]([C@](C)(O)CCCC(C)(C)OC)CC[C@@]4(C)[C@]3(C)CC[C@H]2C1(C)C. The molecular weight excluding hydrogens is 596 g/mol. The zero-order chi connectivity index (χ0) is 35.6. The predicted octanol–water partition coefficient (Wildman–Crippen LogP) is 10.8. The summed E-state index contributed by atoms with van der Waals surface area (Å²) >= 11 is 0. The largest absolute Gasteiger partial charge is 0.462 e. The van der Waals surface area contributed by atoms with Gasteiger partial charge >= 0.3 is 5.97 Å². The van der Waals surface area contributed by atoms with Crippen molar-refractivity contribution in [2.24, 2.45) is 45.3 Å². The van der Waals surface area contributed by atoms with E-state index < -0.39 is 11.7 Å². The molecule has 2 N–H and O–H groups in total. The molecule has 4 rings (SSSR count). The Bertz CT molecular complexity index is 1050. The minimum absolute atomic E-state index is 0.00135. The first kappa shape index (κ1) is 40.1. The van der Waals surface area contributed by atoms with Gasteiger partial charge in [-0.2, -0.15) is 0 Å². The Labute approximate surface area is 296 Å². The lowest BCUT2D eigenvalue weighted by Crippen LogP contribution is -2.66. The van der Waals surface area contributed by atoms with Crippen LogP contribution >= 0.6 is 0 Å². The average Bonchev–Trinajstić information content (AvgIpc) is 3.39. The topological polar surface area (TPSA) is 76.0 Å². The van der Waals surface area contributed by atoms with E-state index in [1.165, 1.54) is 44.9 Å². The molecule has 0 aromatic carbocycles. The summed E-state index contributed by atoms with van der Waals surface area (Å²) in [4.78, 5) is 13.1. The molecule has 0 amide bonds. The second-order valence-corrected chi connectivity index (χ2v) is 19.6. The number of ether oxygens (including phenoxy) is 2. The van der Waals surface area contributed by atoms with Gasteiger partial charge in [0.15, 0.2) is 0 Å². The maximum atomic E-state index is 13.1. The maximum Gasteiger partial charge on any atom is 0.306 e. The van der Waals surface area contributed by atoms with Crippen molar-refractivity contribution in [2.75, 3.05) is 7.11 Å². The summed E-state index contributed by atoms with van der Waals surface area (Å²) in [5, 5.41) is 24.1. The molecule has 0 radical (unpaired) electrons. The highest BCUT2D eigenvalue weighted by Crippen LogP contribution is 2.76. The second kappa shape index (κ2) is 15.5. The summed E-state index contributed by atoms with van der Waals surface area (Å²) in [5.74, 6) is 1.11. The highest BCUT2D eigenvalue weighted by molar-refractivity contribution is 5.69. The molecule has 5 nitrogen and oxygen atoms in total. The number of esters is 1. The average molecular weight is 675 g/mol. The zero-order valence-corrected chi connectivity index (χ0v) is 33.2. The number of unbranched alkanes of at least 4 members (excludes halogenated alkanes) is 8. The molecule has 10 atom stereocenters. The Hall–Kier alpha value is -0.650. The molecule has 0 aromatic rings. The third-order valence-electron chi connectivity index (χ3n) is 15.9. The Morgan fingerprint density at radius 2 is 1.38 bits per heavy atom. The monoisotopic (exact) mass is 675 g/mol. The number of aliphatic hydroxyl groups excluding tert-OH is 1. The molecule has 0 saturated heterocycles. The zero-order valence-electron chi connectivity index (χ0n) is 33.2. The number of hydrogen-bond donors (Lipinski definition) is 2. The molecule has 48 heavy (non-hydrogen) atoms. The molecule has 0 unspecified atom stereocenters. The lowest BCUT2D eigenvalue weighted by Gasteiger charge is -2.70. The van der Waals surface area contributed by atoms with Crippen LogP contribution in [0.3, 0.4) is 0 Å². The molecule has 280 valence electrons. The van der Waals surface area contributed by atoms with Gasteiger partial charge in [-0.1, -0.05) is 92.9 Å². The number of rotatable bonds is 17. The van der Waals surface area contributed by atoms with Crippen LogP contribution in [-0.2, 0) is 14.3 Å². The van der Waals surface area contributed by atoms with Crippen LogP contribution < -0.4 is 0 Å². The normalized spacial score (nSPS) is 38.8. The van der Waals surface area contributed by atoms with Crippen molar-refractivity contribution >= 4 is 5.97 Å². The van der Waals surface area contributed by atoms with Crippen LogP contribution in [-0.4, -0.2) is 46.7 Å². The van der Waals surface area contributed by atoms with Gasteiger partial charge in [0.1, 0.15) is 6.10 Å². The smallest absolute Gasteiger partial charge is 0.306 e. The van der Waals surface area contributed by atoms with Gasteiger partial charge in [0.25, 0.3) is 0 Å². The van der Waals surface area contributed by atoms with E-state index >= 15 is 0 Å². The first-order chi connectivity index (χ1) is 22.4. The molecule has 0 aromatic heterocycles. The lowest BCUT2D eigenvalue weighted by atomic mass is 9.35. The van der Waals surface area contributed by atoms with E-state index in [1.807, 2.05) is 6.92 Å². The molecule has 4 aliphatic carbocycles. The Morgan fingerprint density at radius 1 is 0.771 bits per heavy atom. The van der Waals surface area contributed by atoms with Gasteiger partial charge in [-0.05, 0) is 131 Å². The molecular formula is C43H78O5. The van der Waals surface area contributed by atoms with Gasteiger partial charge in [0, 0.05) is 18.9 Å². The van der Waals surface area contributed by atoms with E-state index in [-0.39, 0.29) is 51.2 Å². The van der Waals surface area contributed by atoms with Crippen molar-refractivity contribution in [3.05, 3.63) is 0 Å². The Morgan fingerprint density at radius 3 is 2.00 bits per heavy atom. The van der Waals surface area contributed by atoms with E-state index in [9.17, 15) is 15.0 Å². The van der Waals surface area contributed by atoms with Gasteiger partial charge in [-0.3, -0.25) is 4.79 Å². The van der Waals surface area contributed by atoms with E-state index in [1.54, 1.807) is 7.11 Å². The molecule has 0 aliphatic heterocycles. The Kier molecular flexibility index (Phi) is 13.0. The summed E-state index contributed by atoms with van der Waals surface area (Å²) in [5.41, 5.74) is -0.874. The van der Waals surface area contributed by atoms with E-state index in [4.69, 9.17) is 9.47 Å². The second-order valence-electron chi connectivity index (χ2n) is 19.6. The molecule has 4 fully saturated rings. The third kappa shape index (κ3) is 7.89. The van der Waals surface area contributed by atoms with Gasteiger partial charge < -0.3 is 19.7 Å². The molecule has 4 aliphatic rings. The first-order valence-corrected chi connectivity index (χ1v) is 20.5. The highest BCUT2D eigenvalue weighted by atomic mass is 16.5. The van der Waals surface area contributed by atoms with Crippen molar-refractivity contribution in [2.45, 2.75) is 214 Å². The van der Waals surface area contributed by atoms with E-state index in [0.717, 1.165) is 77.0 Å². The van der Waals surface area contributed by atoms with Crippen LogP contribution in [0.15, 0.2) is 0 Å². The first-order valence-electron chi connectivity index (χ1n) is 20.5. The standard InChI is InChI=1S/C43H78O5/c1-11-12-13-14-15-16-17-18-19-21-36(45)48-35-24-27-40(6)33(39(35,4)5)23-29-41(7)34(40)30-32(44)37-31(22-28-42(37,41)8)43(9,46)26-20-25-38(2,3)47-10/h31-35,37,44,46H,11-30H2,1-10H3/t31-,32+,33-,34+,35-,37-,40-,41+,42+,43+/m0/s1. The fraction of sp³-hybridized carbons (Fsp3) is 0.977. The van der Waals surface area contributed by atoms with Crippen LogP contribution in [0.5, 0.6) is 0 Å². The van der Waals surface area contributed by atoms with Crippen molar-refractivity contribution in [1.29, 1.82) is 0 Å². The van der Waals surface area contributed by atoms with Crippen molar-refractivity contribution < 1.29 is 24.5 Å². The van der Waals surface area contributed by atoms with E-state index in [2.05, 4.69) is 55.4 Å². The minimum atomic E-state index is -0.796. The number of aliphatic hydroxyl groups is 2. The quantitative estimate of drug-likeness (QED) is 0.119. The van der Waals surface area contributed by atoms with Gasteiger partial charge in [0.05, 0.1) is 17.3 Å². The van der Waals surface area contributed by atoms with E-state index in [0.29, 0.717) is 18.3 Å². The number of carbonyl (C=O) groups excluding carboxylic acids is 1. The summed E-state index contributed by atoms with van der Waals surface area (Å²) in [6.07, 6.45) is 21.1. The highest BCUT2D eigenvalue weighted by Gasteiger charge is 2.71. The van der Waals surface area contributed by atoms with Crippen LogP contribution in [0.2, 0.25) is 0 Å². The molecule has 5 heteroatoms. The number of methoxy groups -OCH3 is 1. The van der Waals surface area contributed by atoms with Crippen molar-refractivity contribution in [3.8, 4) is 0 Å². The fourth-order valence-electron chi connectivity index (χ4n) is 12.6. The third-order valence-corrected chi connectivity index (χ3v) is 15.9. The summed E-state index contributed by atoms with van der Waals surface area (Å²) in [6, 6.07) is 0. The number of carbonyl (C=O) groups is 1. The lowest BCUT2D eigenvalue weighted by molar-refractivity contribution is -0.249. The maximum absolute atomic E-state index is 13.1. The van der Waals surface area contributed by atoms with Gasteiger partial charge in [-0.25, -0.2) is 0 Å². The fourth-order valence-corrected chi connectivity index (χ4v) is 12.6. The van der Waals surface area contributed by atoms with Gasteiger partial charge in [-0.15, -0.1) is 0 Å². The van der Waals surface area contributed by atoms with Crippen molar-refractivity contribution in [3.63, 3.8) is 0 Å². The van der Waals surface area contributed by atoms with Crippen LogP contribution in [0.25, 0.3) is 0 Å². The molecule has 0 heterocycles. The molecule has 0 bridgehead atoms. The number of hydrogen-bond acceptors (Lipinski definition) is 5. The Balaban J connectivity index is 1.38.